The first-order valence-corrected chi connectivity index (χ1v) is 6.14. The highest BCUT2D eigenvalue weighted by Gasteiger charge is 2.09. The second-order valence-electron chi connectivity index (χ2n) is 1.94. The summed E-state index contributed by atoms with van der Waals surface area (Å²) in [6.07, 6.45) is -1.96. The topological polar surface area (TPSA) is 47.6 Å². The molecule has 0 bridgehead atoms. The van der Waals surface area contributed by atoms with E-state index in [0.29, 0.717) is 0 Å². The zero-order valence-electron chi connectivity index (χ0n) is 6.79. The van der Waals surface area contributed by atoms with Gasteiger partial charge in [0.05, 0.1) is 13.7 Å². The van der Waals surface area contributed by atoms with Gasteiger partial charge in [-0.05, 0) is 0 Å². The van der Waals surface area contributed by atoms with Crippen molar-refractivity contribution in [1.82, 2.24) is 5.09 Å². The Morgan fingerprint density at radius 2 is 2.18 bits per heavy atom. The first-order chi connectivity index (χ1) is 5.02. The maximum absolute atomic E-state index is 10.6. The summed E-state index contributed by atoms with van der Waals surface area (Å²) in [6.45, 7) is 1.86. The quantitative estimate of drug-likeness (QED) is 0.520. The molecule has 0 aromatic heterocycles. The number of carbonyl (C=O) groups excluding carboxylic acids is 1. The van der Waals surface area contributed by atoms with Crippen LogP contribution in [0.15, 0.2) is 0 Å². The number of methoxy groups -OCH3 is 1. The maximum atomic E-state index is 10.6. The Bertz CT molecular complexity index is 185. The molecule has 0 amide bonds. The molecular formula is C5H12NO3PS. The average Bonchev–Trinajstić information content (AvgIpc) is 2.00. The molecule has 1 unspecified atom stereocenters. The number of ether oxygens (including phenoxy) is 1. The predicted molar refractivity (Wildman–Crippen MR) is 47.2 cm³/mol. The molecule has 4 nitrogen and oxygen atoms in total. The number of hydrogen-bond donors (Lipinski definition) is 1. The van der Waals surface area contributed by atoms with Gasteiger partial charge < -0.3 is 9.26 Å². The van der Waals surface area contributed by atoms with Crippen molar-refractivity contribution in [3.8, 4) is 0 Å². The molecule has 1 atom stereocenters. The van der Waals surface area contributed by atoms with Crippen molar-refractivity contribution in [1.29, 1.82) is 0 Å². The average molecular weight is 197 g/mol. The Hall–Kier alpha value is 0.0400. The van der Waals surface area contributed by atoms with Gasteiger partial charge in [-0.15, -0.1) is 0 Å². The Morgan fingerprint density at radius 3 is 2.55 bits per heavy atom. The number of carbonyl (C=O) groups is 1. The summed E-state index contributed by atoms with van der Waals surface area (Å²) in [5.41, 5.74) is 0. The van der Waals surface area contributed by atoms with Crippen molar-refractivity contribution in [2.24, 2.45) is 0 Å². The van der Waals surface area contributed by atoms with E-state index in [0.717, 1.165) is 0 Å². The summed E-state index contributed by atoms with van der Waals surface area (Å²) >= 11 is 4.98. The van der Waals surface area contributed by atoms with Crippen LogP contribution in [-0.2, 0) is 25.9 Å². The van der Waals surface area contributed by atoms with E-state index in [1.54, 1.807) is 6.66 Å². The Balaban J connectivity index is 3.70. The highest BCUT2D eigenvalue weighted by atomic mass is 32.4. The van der Waals surface area contributed by atoms with Gasteiger partial charge in [-0.2, -0.15) is 0 Å². The number of hydrogen-bond acceptors (Lipinski definition) is 4. The van der Waals surface area contributed by atoms with E-state index in [2.05, 4.69) is 9.82 Å². The van der Waals surface area contributed by atoms with E-state index in [1.807, 2.05) is 0 Å². The molecule has 0 rings (SSSR count). The van der Waals surface area contributed by atoms with Gasteiger partial charge in [0.15, 0.2) is 0 Å². The Morgan fingerprint density at radius 1 is 1.64 bits per heavy atom. The van der Waals surface area contributed by atoms with Gasteiger partial charge in [-0.25, -0.2) is 0 Å². The van der Waals surface area contributed by atoms with E-state index in [9.17, 15) is 4.79 Å². The van der Waals surface area contributed by atoms with Gasteiger partial charge in [-0.3, -0.25) is 9.88 Å². The molecule has 0 radical (unpaired) electrons. The predicted octanol–water partition coefficient (Wildman–Crippen LogP) is 0.335. The molecule has 0 aliphatic rings. The standard InChI is InChI=1S/C5H12NO3PS/c1-8-5(7)4-6-10(3,11)9-2/h4H2,1-3H3,(H,6,11). The minimum absolute atomic E-state index is 0.109. The van der Waals surface area contributed by atoms with E-state index >= 15 is 0 Å². The van der Waals surface area contributed by atoms with Crippen LogP contribution in [0.5, 0.6) is 0 Å². The fourth-order valence-corrected chi connectivity index (χ4v) is 1.08. The molecule has 0 fully saturated rings. The van der Waals surface area contributed by atoms with E-state index in [-0.39, 0.29) is 12.5 Å². The molecular weight excluding hydrogens is 185 g/mol. The summed E-state index contributed by atoms with van der Waals surface area (Å²) < 4.78 is 9.34. The van der Waals surface area contributed by atoms with Crippen LogP contribution in [0.25, 0.3) is 0 Å². The zero-order chi connectivity index (χ0) is 8.91. The summed E-state index contributed by atoms with van der Waals surface area (Å²) in [4.78, 5) is 10.6. The lowest BCUT2D eigenvalue weighted by Crippen LogP contribution is -2.21. The van der Waals surface area contributed by atoms with Gasteiger partial charge in [0.25, 0.3) is 0 Å². The monoisotopic (exact) mass is 197 g/mol. The van der Waals surface area contributed by atoms with Gasteiger partial charge in [0.1, 0.15) is 6.42 Å². The normalized spacial score (nSPS) is 15.5. The first kappa shape index (κ1) is 11.0. The second kappa shape index (κ2) is 4.83. The fourth-order valence-electron chi connectivity index (χ4n) is 0.345. The molecule has 0 saturated heterocycles. The molecule has 0 aromatic rings. The van der Waals surface area contributed by atoms with Crippen molar-refractivity contribution in [3.05, 3.63) is 0 Å². The van der Waals surface area contributed by atoms with Crippen molar-refractivity contribution in [2.45, 2.75) is 0 Å². The largest absolute Gasteiger partial charge is 0.468 e. The lowest BCUT2D eigenvalue weighted by Gasteiger charge is -2.14. The van der Waals surface area contributed by atoms with Crippen LogP contribution in [0.3, 0.4) is 0 Å². The molecule has 11 heavy (non-hydrogen) atoms. The zero-order valence-corrected chi connectivity index (χ0v) is 8.50. The SMILES string of the molecule is COC(=O)CNP(C)(=S)OC. The Kier molecular flexibility index (Phi) is 4.84. The number of esters is 1. The van der Waals surface area contributed by atoms with Crippen LogP contribution < -0.4 is 5.09 Å². The Labute approximate surface area is 71.4 Å². The molecule has 66 valence electrons. The summed E-state index contributed by atoms with van der Waals surface area (Å²) in [7, 11) is 2.85. The third-order valence-corrected chi connectivity index (χ3v) is 3.35. The molecule has 0 aliphatic carbocycles. The van der Waals surface area contributed by atoms with Crippen molar-refractivity contribution in [2.75, 3.05) is 27.4 Å². The summed E-state index contributed by atoms with van der Waals surface area (Å²) in [5.74, 6) is -0.335. The number of nitrogens with one attached hydrogen (secondary N) is 1. The van der Waals surface area contributed by atoms with Gasteiger partial charge >= 0.3 is 5.97 Å². The lowest BCUT2D eigenvalue weighted by atomic mass is 10.7. The highest BCUT2D eigenvalue weighted by Crippen LogP contribution is 2.35. The van der Waals surface area contributed by atoms with Crippen LogP contribution in [0.1, 0.15) is 0 Å². The van der Waals surface area contributed by atoms with Crippen LogP contribution in [0, 0.1) is 0 Å². The summed E-state index contributed by atoms with van der Waals surface area (Å²) in [6, 6.07) is 0. The molecule has 0 spiro atoms. The van der Waals surface area contributed by atoms with Crippen LogP contribution in [-0.4, -0.2) is 33.4 Å². The van der Waals surface area contributed by atoms with Crippen LogP contribution in [0.2, 0.25) is 0 Å². The summed E-state index contributed by atoms with van der Waals surface area (Å²) in [5, 5.41) is 2.79. The number of rotatable bonds is 4. The molecule has 1 N–H and O–H groups in total. The van der Waals surface area contributed by atoms with Crippen molar-refractivity contribution < 1.29 is 14.1 Å². The van der Waals surface area contributed by atoms with E-state index in [4.69, 9.17) is 16.3 Å². The molecule has 0 aliphatic heterocycles. The molecule has 0 aromatic carbocycles. The molecule has 6 heteroatoms. The third-order valence-electron chi connectivity index (χ3n) is 1.09. The van der Waals surface area contributed by atoms with Crippen LogP contribution >= 0.6 is 6.42 Å². The van der Waals surface area contributed by atoms with E-state index < -0.39 is 6.42 Å². The minimum atomic E-state index is -1.96. The molecule has 0 saturated carbocycles. The van der Waals surface area contributed by atoms with Gasteiger partial charge in [0, 0.05) is 13.8 Å². The van der Waals surface area contributed by atoms with E-state index in [1.165, 1.54) is 14.2 Å². The van der Waals surface area contributed by atoms with Crippen LogP contribution in [0.4, 0.5) is 0 Å². The molecule has 0 heterocycles. The highest BCUT2D eigenvalue weighted by molar-refractivity contribution is 8.10. The lowest BCUT2D eigenvalue weighted by molar-refractivity contribution is -0.139. The van der Waals surface area contributed by atoms with Crippen molar-refractivity contribution >= 4 is 24.2 Å². The first-order valence-electron chi connectivity index (χ1n) is 2.97. The second-order valence-corrected chi connectivity index (χ2v) is 6.40. The smallest absolute Gasteiger partial charge is 0.320 e. The van der Waals surface area contributed by atoms with Crippen molar-refractivity contribution in [3.63, 3.8) is 0 Å². The van der Waals surface area contributed by atoms with Gasteiger partial charge in [0.2, 0.25) is 0 Å². The fraction of sp³-hybridized carbons (Fsp3) is 0.800. The van der Waals surface area contributed by atoms with Gasteiger partial charge in [-0.1, -0.05) is 11.8 Å². The maximum Gasteiger partial charge on any atom is 0.320 e. The third kappa shape index (κ3) is 5.32. The minimum Gasteiger partial charge on any atom is -0.468 e.